The standard InChI is InChI=1S/C29H40O4/c1-3-5-7-9-10-12-14-24-31-26-17-15-25(16-18-26)29(30)33-28-21-19-27(20-22-28)32-23-13-11-8-6-4-2/h4,15-22H,2-3,5-14,23-24H2,1H3. The molecule has 0 N–H and O–H groups in total. The summed E-state index contributed by atoms with van der Waals surface area (Å²) in [6, 6.07) is 14.3. The number of unbranched alkanes of at least 4 members (excludes halogenated alkanes) is 9. The van der Waals surface area contributed by atoms with Gasteiger partial charge in [-0.2, -0.15) is 0 Å². The molecule has 0 saturated heterocycles. The van der Waals surface area contributed by atoms with Crippen molar-refractivity contribution < 1.29 is 19.0 Å². The van der Waals surface area contributed by atoms with Crippen LogP contribution in [-0.2, 0) is 0 Å². The van der Waals surface area contributed by atoms with Gasteiger partial charge in [-0.05, 0) is 80.6 Å². The minimum atomic E-state index is -0.385. The molecule has 0 atom stereocenters. The quantitative estimate of drug-likeness (QED) is 0.0990. The molecule has 0 unspecified atom stereocenters. The number of carbonyl (C=O) groups is 1. The Kier molecular flexibility index (Phi) is 13.5. The summed E-state index contributed by atoms with van der Waals surface area (Å²) < 4.78 is 17.0. The number of carbonyl (C=O) groups excluding carboxylic acids is 1. The summed E-state index contributed by atoms with van der Waals surface area (Å²) in [5.74, 6) is 1.67. The molecule has 0 aliphatic rings. The Balaban J connectivity index is 1.65. The maximum absolute atomic E-state index is 12.4. The van der Waals surface area contributed by atoms with Crippen molar-refractivity contribution in [2.45, 2.75) is 77.6 Å². The molecule has 0 fully saturated rings. The van der Waals surface area contributed by atoms with Gasteiger partial charge in [-0.25, -0.2) is 4.79 Å². The van der Waals surface area contributed by atoms with Crippen LogP contribution in [0, 0.1) is 0 Å². The number of rotatable bonds is 18. The smallest absolute Gasteiger partial charge is 0.343 e. The third-order valence-electron chi connectivity index (χ3n) is 5.46. The number of allylic oxidation sites excluding steroid dienone is 1. The largest absolute Gasteiger partial charge is 0.494 e. The van der Waals surface area contributed by atoms with Crippen LogP contribution >= 0.6 is 0 Å². The summed E-state index contributed by atoms with van der Waals surface area (Å²) in [7, 11) is 0. The van der Waals surface area contributed by atoms with Gasteiger partial charge in [-0.15, -0.1) is 6.58 Å². The Bertz CT molecular complexity index is 780. The van der Waals surface area contributed by atoms with E-state index in [1.807, 2.05) is 30.3 Å². The number of ether oxygens (including phenoxy) is 3. The molecule has 0 amide bonds. The van der Waals surface area contributed by atoms with E-state index in [9.17, 15) is 4.79 Å². The highest BCUT2D eigenvalue weighted by Gasteiger charge is 2.09. The zero-order chi connectivity index (χ0) is 23.6. The fourth-order valence-corrected chi connectivity index (χ4v) is 3.46. The molecular weight excluding hydrogens is 412 g/mol. The van der Waals surface area contributed by atoms with Crippen LogP contribution in [0.5, 0.6) is 17.2 Å². The fourth-order valence-electron chi connectivity index (χ4n) is 3.46. The first-order valence-electron chi connectivity index (χ1n) is 12.5. The van der Waals surface area contributed by atoms with E-state index in [-0.39, 0.29) is 5.97 Å². The Labute approximate surface area is 200 Å². The van der Waals surface area contributed by atoms with E-state index in [2.05, 4.69) is 13.5 Å². The average molecular weight is 453 g/mol. The van der Waals surface area contributed by atoms with Crippen molar-refractivity contribution in [1.29, 1.82) is 0 Å². The van der Waals surface area contributed by atoms with Gasteiger partial charge in [-0.3, -0.25) is 0 Å². The van der Waals surface area contributed by atoms with Crippen molar-refractivity contribution in [1.82, 2.24) is 0 Å². The molecule has 4 heteroatoms. The van der Waals surface area contributed by atoms with Crippen molar-refractivity contribution in [2.75, 3.05) is 13.2 Å². The molecule has 0 heterocycles. The van der Waals surface area contributed by atoms with Gasteiger partial charge in [0.15, 0.2) is 0 Å². The molecule has 0 radical (unpaired) electrons. The van der Waals surface area contributed by atoms with Crippen LogP contribution < -0.4 is 14.2 Å². The fraction of sp³-hybridized carbons (Fsp3) is 0.483. The average Bonchev–Trinajstić information content (AvgIpc) is 2.84. The highest BCUT2D eigenvalue weighted by Crippen LogP contribution is 2.20. The molecule has 0 aliphatic carbocycles. The van der Waals surface area contributed by atoms with Gasteiger partial charge in [0.25, 0.3) is 0 Å². The molecule has 2 aromatic rings. The first-order valence-corrected chi connectivity index (χ1v) is 12.5. The van der Waals surface area contributed by atoms with Crippen LogP contribution in [0.3, 0.4) is 0 Å². The first kappa shape index (κ1) is 26.5. The number of esters is 1. The van der Waals surface area contributed by atoms with E-state index in [0.29, 0.717) is 24.5 Å². The summed E-state index contributed by atoms with van der Waals surface area (Å²) in [6.45, 7) is 7.36. The SMILES string of the molecule is C=CCCCCCOc1ccc(OC(=O)c2ccc(OCCCCCCCCC)cc2)cc1. The third kappa shape index (κ3) is 11.6. The van der Waals surface area contributed by atoms with E-state index in [1.165, 1.54) is 38.5 Å². The minimum Gasteiger partial charge on any atom is -0.494 e. The Morgan fingerprint density at radius 2 is 1.18 bits per heavy atom. The van der Waals surface area contributed by atoms with Crippen LogP contribution in [-0.4, -0.2) is 19.2 Å². The maximum atomic E-state index is 12.4. The number of benzene rings is 2. The second-order valence-electron chi connectivity index (χ2n) is 8.34. The molecular formula is C29H40O4. The van der Waals surface area contributed by atoms with Gasteiger partial charge in [0.2, 0.25) is 0 Å². The van der Waals surface area contributed by atoms with E-state index in [1.54, 1.807) is 24.3 Å². The van der Waals surface area contributed by atoms with Gasteiger partial charge in [0.1, 0.15) is 17.2 Å². The van der Waals surface area contributed by atoms with E-state index >= 15 is 0 Å². The Morgan fingerprint density at radius 1 is 0.697 bits per heavy atom. The molecule has 0 bridgehead atoms. The van der Waals surface area contributed by atoms with Gasteiger partial charge in [0, 0.05) is 0 Å². The Hall–Kier alpha value is -2.75. The number of hydrogen-bond acceptors (Lipinski definition) is 4. The Morgan fingerprint density at radius 3 is 1.76 bits per heavy atom. The zero-order valence-corrected chi connectivity index (χ0v) is 20.2. The van der Waals surface area contributed by atoms with Crippen molar-refractivity contribution >= 4 is 5.97 Å². The van der Waals surface area contributed by atoms with Crippen molar-refractivity contribution in [3.8, 4) is 17.2 Å². The van der Waals surface area contributed by atoms with Crippen LogP contribution in [0.4, 0.5) is 0 Å². The molecule has 2 aromatic carbocycles. The number of hydrogen-bond donors (Lipinski definition) is 0. The normalized spacial score (nSPS) is 10.6. The van der Waals surface area contributed by atoms with Gasteiger partial charge in [0.05, 0.1) is 18.8 Å². The molecule has 180 valence electrons. The minimum absolute atomic E-state index is 0.385. The molecule has 2 rings (SSSR count). The van der Waals surface area contributed by atoms with Crippen molar-refractivity contribution in [2.24, 2.45) is 0 Å². The first-order chi connectivity index (χ1) is 16.2. The van der Waals surface area contributed by atoms with Gasteiger partial charge >= 0.3 is 5.97 Å². The second kappa shape index (κ2) is 16.8. The second-order valence-corrected chi connectivity index (χ2v) is 8.34. The van der Waals surface area contributed by atoms with Crippen molar-refractivity contribution in [3.05, 3.63) is 66.7 Å². The van der Waals surface area contributed by atoms with E-state index < -0.39 is 0 Å². The van der Waals surface area contributed by atoms with Crippen LogP contribution in [0.1, 0.15) is 87.9 Å². The van der Waals surface area contributed by atoms with Crippen LogP contribution in [0.25, 0.3) is 0 Å². The molecule has 4 nitrogen and oxygen atoms in total. The molecule has 0 spiro atoms. The highest BCUT2D eigenvalue weighted by molar-refractivity contribution is 5.91. The van der Waals surface area contributed by atoms with Gasteiger partial charge in [-0.1, -0.05) is 51.5 Å². The lowest BCUT2D eigenvalue weighted by molar-refractivity contribution is 0.0734. The summed E-state index contributed by atoms with van der Waals surface area (Å²) in [4.78, 5) is 12.4. The van der Waals surface area contributed by atoms with Crippen LogP contribution in [0.15, 0.2) is 61.2 Å². The highest BCUT2D eigenvalue weighted by atomic mass is 16.5. The third-order valence-corrected chi connectivity index (χ3v) is 5.46. The summed E-state index contributed by atoms with van der Waals surface area (Å²) in [6.07, 6.45) is 15.1. The monoisotopic (exact) mass is 452 g/mol. The summed E-state index contributed by atoms with van der Waals surface area (Å²) in [5, 5.41) is 0. The van der Waals surface area contributed by atoms with Crippen LogP contribution in [0.2, 0.25) is 0 Å². The van der Waals surface area contributed by atoms with E-state index in [0.717, 1.165) is 43.6 Å². The van der Waals surface area contributed by atoms with Crippen molar-refractivity contribution in [3.63, 3.8) is 0 Å². The molecule has 0 aliphatic heterocycles. The van der Waals surface area contributed by atoms with Gasteiger partial charge < -0.3 is 14.2 Å². The molecule has 33 heavy (non-hydrogen) atoms. The summed E-state index contributed by atoms with van der Waals surface area (Å²) >= 11 is 0. The predicted molar refractivity (Wildman–Crippen MR) is 135 cm³/mol. The lowest BCUT2D eigenvalue weighted by Crippen LogP contribution is -2.08. The lowest BCUT2D eigenvalue weighted by Gasteiger charge is -2.09. The predicted octanol–water partition coefficient (Wildman–Crippen LogP) is 8.16. The lowest BCUT2D eigenvalue weighted by atomic mass is 10.1. The molecule has 0 saturated carbocycles. The maximum Gasteiger partial charge on any atom is 0.343 e. The molecule has 0 aromatic heterocycles. The zero-order valence-electron chi connectivity index (χ0n) is 20.2. The van der Waals surface area contributed by atoms with E-state index in [4.69, 9.17) is 14.2 Å². The topological polar surface area (TPSA) is 44.8 Å². The summed E-state index contributed by atoms with van der Waals surface area (Å²) in [5.41, 5.74) is 0.498.